The monoisotopic (exact) mass is 302 g/mol. The Labute approximate surface area is 125 Å². The number of aromatic nitrogens is 1. The van der Waals surface area contributed by atoms with Gasteiger partial charge in [0, 0.05) is 34.4 Å². The highest BCUT2D eigenvalue weighted by Crippen LogP contribution is 2.37. The zero-order chi connectivity index (χ0) is 14.8. The predicted molar refractivity (Wildman–Crippen MR) is 82.8 cm³/mol. The van der Waals surface area contributed by atoms with Crippen LogP contribution in [-0.2, 0) is 0 Å². The molecule has 2 atom stereocenters. The van der Waals surface area contributed by atoms with Crippen molar-refractivity contribution in [2.45, 2.75) is 12.0 Å². The summed E-state index contributed by atoms with van der Waals surface area (Å²) >= 11 is 1.40. The molecule has 2 aromatic heterocycles. The summed E-state index contributed by atoms with van der Waals surface area (Å²) in [5.74, 6) is -0.471. The Balaban J connectivity index is 1.96. The molecule has 0 fully saturated rings. The predicted octanol–water partition coefficient (Wildman–Crippen LogP) is 3.21. The molecule has 2 heterocycles. The molecule has 3 nitrogen and oxygen atoms in total. The fraction of sp³-hybridized carbons (Fsp3) is 0.188. The summed E-state index contributed by atoms with van der Waals surface area (Å²) in [4.78, 5) is 4.77. The first-order valence-electron chi connectivity index (χ1n) is 6.66. The van der Waals surface area contributed by atoms with Gasteiger partial charge in [-0.15, -0.1) is 11.3 Å². The Morgan fingerprint density at radius 2 is 1.95 bits per heavy atom. The van der Waals surface area contributed by atoms with Gasteiger partial charge < -0.3 is 10.8 Å². The summed E-state index contributed by atoms with van der Waals surface area (Å²) in [6.45, 7) is 0.327. The van der Waals surface area contributed by atoms with Crippen molar-refractivity contribution in [2.75, 3.05) is 6.54 Å². The van der Waals surface area contributed by atoms with Gasteiger partial charge in [-0.3, -0.25) is 4.98 Å². The lowest BCUT2D eigenvalue weighted by Crippen LogP contribution is -2.19. The van der Waals surface area contributed by atoms with E-state index >= 15 is 0 Å². The molecule has 21 heavy (non-hydrogen) atoms. The van der Waals surface area contributed by atoms with Crippen molar-refractivity contribution in [1.82, 2.24) is 4.98 Å². The van der Waals surface area contributed by atoms with Crippen molar-refractivity contribution in [3.63, 3.8) is 0 Å². The lowest BCUT2D eigenvalue weighted by Gasteiger charge is -2.20. The fourth-order valence-corrected chi connectivity index (χ4v) is 3.57. The minimum Gasteiger partial charge on any atom is -0.387 e. The Bertz CT molecular complexity index is 744. The van der Waals surface area contributed by atoms with Gasteiger partial charge in [0.1, 0.15) is 5.82 Å². The minimum absolute atomic E-state index is 0.203. The summed E-state index contributed by atoms with van der Waals surface area (Å²) in [6, 6.07) is 10.2. The van der Waals surface area contributed by atoms with Crippen LogP contribution in [0.3, 0.4) is 0 Å². The first-order valence-corrected chi connectivity index (χ1v) is 7.47. The molecule has 3 N–H and O–H groups in total. The number of hydrogen-bond donors (Lipinski definition) is 2. The van der Waals surface area contributed by atoms with Crippen LogP contribution < -0.4 is 5.73 Å². The first-order chi connectivity index (χ1) is 10.2. The van der Waals surface area contributed by atoms with E-state index in [4.69, 9.17) is 5.73 Å². The molecule has 3 rings (SSSR count). The average Bonchev–Trinajstić information content (AvgIpc) is 2.92. The average molecular weight is 302 g/mol. The zero-order valence-electron chi connectivity index (χ0n) is 11.2. The molecule has 0 saturated carbocycles. The van der Waals surface area contributed by atoms with Gasteiger partial charge in [-0.25, -0.2) is 4.39 Å². The molecule has 0 bridgehead atoms. The van der Waals surface area contributed by atoms with Crippen molar-refractivity contribution in [1.29, 1.82) is 0 Å². The second-order valence-corrected chi connectivity index (χ2v) is 6.01. The Kier molecular flexibility index (Phi) is 3.96. The molecule has 0 spiro atoms. The number of nitrogens with two attached hydrogens (primary N) is 1. The van der Waals surface area contributed by atoms with Gasteiger partial charge in [0.05, 0.1) is 6.10 Å². The first kappa shape index (κ1) is 14.1. The molecule has 3 aromatic rings. The summed E-state index contributed by atoms with van der Waals surface area (Å²) in [5.41, 5.74) is 6.77. The van der Waals surface area contributed by atoms with Crippen LogP contribution in [0.25, 0.3) is 10.1 Å². The number of aliphatic hydroxyl groups excluding tert-OH is 1. The number of rotatable bonds is 4. The normalized spacial score (nSPS) is 14.2. The Hall–Kier alpha value is -1.82. The van der Waals surface area contributed by atoms with E-state index in [0.717, 1.165) is 20.5 Å². The molecule has 108 valence electrons. The number of pyridine rings is 1. The Morgan fingerprint density at radius 1 is 1.19 bits per heavy atom. The minimum atomic E-state index is -0.710. The number of nitrogens with zero attached hydrogens (tertiary/aromatic N) is 1. The van der Waals surface area contributed by atoms with E-state index in [-0.39, 0.29) is 11.7 Å². The SMILES string of the molecule is NCC(c1ccncc1)C(O)c1cc2ccc(F)cc2s1. The van der Waals surface area contributed by atoms with E-state index in [2.05, 4.69) is 4.98 Å². The molecule has 0 aliphatic heterocycles. The van der Waals surface area contributed by atoms with Gasteiger partial charge in [-0.05, 0) is 41.3 Å². The van der Waals surface area contributed by atoms with E-state index in [1.54, 1.807) is 18.5 Å². The van der Waals surface area contributed by atoms with Crippen LogP contribution in [0.5, 0.6) is 0 Å². The second kappa shape index (κ2) is 5.89. The van der Waals surface area contributed by atoms with Crippen LogP contribution in [0.4, 0.5) is 4.39 Å². The molecule has 2 unspecified atom stereocenters. The maximum atomic E-state index is 13.3. The van der Waals surface area contributed by atoms with E-state index in [0.29, 0.717) is 6.54 Å². The van der Waals surface area contributed by atoms with Gasteiger partial charge in [0.2, 0.25) is 0 Å². The smallest absolute Gasteiger partial charge is 0.124 e. The van der Waals surface area contributed by atoms with Crippen LogP contribution in [0.15, 0.2) is 48.8 Å². The highest BCUT2D eigenvalue weighted by Gasteiger charge is 2.23. The van der Waals surface area contributed by atoms with Gasteiger partial charge in [-0.2, -0.15) is 0 Å². The highest BCUT2D eigenvalue weighted by atomic mass is 32.1. The number of benzene rings is 1. The maximum absolute atomic E-state index is 13.3. The quantitative estimate of drug-likeness (QED) is 0.778. The summed E-state index contributed by atoms with van der Waals surface area (Å²) < 4.78 is 14.1. The number of halogens is 1. The largest absolute Gasteiger partial charge is 0.387 e. The van der Waals surface area contributed by atoms with E-state index in [1.807, 2.05) is 18.2 Å². The molecule has 0 amide bonds. The second-order valence-electron chi connectivity index (χ2n) is 4.90. The van der Waals surface area contributed by atoms with Crippen molar-refractivity contribution >= 4 is 21.4 Å². The van der Waals surface area contributed by atoms with Crippen LogP contribution in [0, 0.1) is 5.82 Å². The molecule has 0 aliphatic carbocycles. The fourth-order valence-electron chi connectivity index (χ4n) is 2.43. The number of thiophene rings is 1. The summed E-state index contributed by atoms with van der Waals surface area (Å²) in [6.07, 6.45) is 2.66. The van der Waals surface area contributed by atoms with Crippen molar-refractivity contribution < 1.29 is 9.50 Å². The van der Waals surface area contributed by atoms with Gasteiger partial charge >= 0.3 is 0 Å². The number of hydrogen-bond acceptors (Lipinski definition) is 4. The third kappa shape index (κ3) is 2.81. The molecule has 5 heteroatoms. The van der Waals surface area contributed by atoms with Gasteiger partial charge in [0.25, 0.3) is 0 Å². The molecule has 1 aromatic carbocycles. The topological polar surface area (TPSA) is 59.1 Å². The third-order valence-corrected chi connectivity index (χ3v) is 4.73. The summed E-state index contributed by atoms with van der Waals surface area (Å²) in [7, 11) is 0. The Morgan fingerprint density at radius 3 is 2.67 bits per heavy atom. The van der Waals surface area contributed by atoms with E-state index < -0.39 is 6.10 Å². The maximum Gasteiger partial charge on any atom is 0.124 e. The van der Waals surface area contributed by atoms with Crippen LogP contribution in [0.1, 0.15) is 22.5 Å². The highest BCUT2D eigenvalue weighted by molar-refractivity contribution is 7.19. The van der Waals surface area contributed by atoms with Crippen molar-refractivity contribution in [3.05, 3.63) is 65.0 Å². The third-order valence-electron chi connectivity index (χ3n) is 3.56. The van der Waals surface area contributed by atoms with E-state index in [1.165, 1.54) is 23.5 Å². The van der Waals surface area contributed by atoms with Crippen LogP contribution in [-0.4, -0.2) is 16.6 Å². The molecule has 0 aliphatic rings. The standard InChI is InChI=1S/C16H15FN2OS/c17-12-2-1-11-7-15(21-14(11)8-12)16(20)13(9-18)10-3-5-19-6-4-10/h1-8,13,16,20H,9,18H2. The lowest BCUT2D eigenvalue weighted by atomic mass is 9.93. The zero-order valence-corrected chi connectivity index (χ0v) is 12.1. The van der Waals surface area contributed by atoms with Crippen LogP contribution in [0.2, 0.25) is 0 Å². The van der Waals surface area contributed by atoms with Gasteiger partial charge in [-0.1, -0.05) is 6.07 Å². The molecular formula is C16H15FN2OS. The number of aliphatic hydroxyl groups is 1. The molecule has 0 radical (unpaired) electrons. The van der Waals surface area contributed by atoms with Crippen molar-refractivity contribution in [3.8, 4) is 0 Å². The van der Waals surface area contributed by atoms with Gasteiger partial charge in [0.15, 0.2) is 0 Å². The molecular weight excluding hydrogens is 287 g/mol. The molecule has 0 saturated heterocycles. The van der Waals surface area contributed by atoms with E-state index in [9.17, 15) is 9.50 Å². The number of fused-ring (bicyclic) bond motifs is 1. The van der Waals surface area contributed by atoms with Crippen LogP contribution >= 0.6 is 11.3 Å². The van der Waals surface area contributed by atoms with Crippen molar-refractivity contribution in [2.24, 2.45) is 5.73 Å². The summed E-state index contributed by atoms with van der Waals surface area (Å²) in [5, 5.41) is 11.6. The lowest BCUT2D eigenvalue weighted by molar-refractivity contribution is 0.151.